The molecule has 0 spiro atoms. The van der Waals surface area contributed by atoms with Crippen molar-refractivity contribution >= 4 is 35.2 Å². The maximum atomic E-state index is 13.4. The molecule has 1 aliphatic carbocycles. The van der Waals surface area contributed by atoms with Crippen LogP contribution < -0.4 is 10.2 Å². The minimum absolute atomic E-state index is 0.0550. The van der Waals surface area contributed by atoms with E-state index in [1.807, 2.05) is 6.07 Å². The van der Waals surface area contributed by atoms with E-state index in [4.69, 9.17) is 4.74 Å². The lowest BCUT2D eigenvalue weighted by Crippen LogP contribution is -2.45. The van der Waals surface area contributed by atoms with Crippen LogP contribution in [0.4, 0.5) is 16.2 Å². The van der Waals surface area contributed by atoms with Gasteiger partial charge in [-0.05, 0) is 56.2 Å². The quantitative estimate of drug-likeness (QED) is 0.486. The molecule has 2 aliphatic rings. The van der Waals surface area contributed by atoms with Crippen molar-refractivity contribution in [2.24, 2.45) is 0 Å². The molecule has 1 aliphatic heterocycles. The summed E-state index contributed by atoms with van der Waals surface area (Å²) in [4.78, 5) is 54.3. The van der Waals surface area contributed by atoms with Gasteiger partial charge in [-0.1, -0.05) is 37.5 Å². The summed E-state index contributed by atoms with van der Waals surface area (Å²) in [5.74, 6) is -1.18. The number of imide groups is 1. The molecule has 34 heavy (non-hydrogen) atoms. The molecule has 0 radical (unpaired) electrons. The molecule has 2 aromatic carbocycles. The van der Waals surface area contributed by atoms with Crippen molar-refractivity contribution < 1.29 is 23.9 Å². The summed E-state index contributed by atoms with van der Waals surface area (Å²) in [7, 11) is 0. The number of amides is 4. The zero-order valence-corrected chi connectivity index (χ0v) is 19.2. The number of ether oxygens (including phenoxy) is 1. The van der Waals surface area contributed by atoms with Crippen molar-refractivity contribution in [1.82, 2.24) is 4.90 Å². The highest BCUT2D eigenvalue weighted by Crippen LogP contribution is 2.33. The number of urea groups is 1. The van der Waals surface area contributed by atoms with Crippen LogP contribution in [0.3, 0.4) is 0 Å². The van der Waals surface area contributed by atoms with Crippen molar-refractivity contribution in [2.75, 3.05) is 16.8 Å². The van der Waals surface area contributed by atoms with Gasteiger partial charge in [0.1, 0.15) is 6.04 Å². The number of nitrogens with zero attached hydrogens (tertiary/aromatic N) is 2. The molecule has 1 saturated heterocycles. The molecule has 0 aromatic heterocycles. The average Bonchev–Trinajstić information content (AvgIpc) is 3.09. The van der Waals surface area contributed by atoms with Gasteiger partial charge in [0.2, 0.25) is 5.91 Å². The summed E-state index contributed by atoms with van der Waals surface area (Å²) in [5.41, 5.74) is 1.40. The van der Waals surface area contributed by atoms with E-state index in [2.05, 4.69) is 5.32 Å². The van der Waals surface area contributed by atoms with Gasteiger partial charge >= 0.3 is 12.0 Å². The highest BCUT2D eigenvalue weighted by atomic mass is 16.5. The number of anilines is 2. The highest BCUT2D eigenvalue weighted by molar-refractivity contribution is 6.22. The lowest BCUT2D eigenvalue weighted by Gasteiger charge is -2.33. The van der Waals surface area contributed by atoms with Crippen LogP contribution in [0, 0.1) is 0 Å². The molecule has 178 valence electrons. The fraction of sp³-hybridized carbons (Fsp3) is 0.385. The second-order valence-electron chi connectivity index (χ2n) is 8.56. The number of para-hydroxylation sites is 1. The number of hydrogen-bond acceptors (Lipinski definition) is 5. The minimum atomic E-state index is -0.852. The third-order valence-electron chi connectivity index (χ3n) is 6.29. The molecule has 4 amide bonds. The molecule has 1 N–H and O–H groups in total. The lowest BCUT2D eigenvalue weighted by atomic mass is 9.93. The maximum Gasteiger partial charge on any atom is 0.338 e. The predicted octanol–water partition coefficient (Wildman–Crippen LogP) is 4.36. The summed E-state index contributed by atoms with van der Waals surface area (Å²) in [5, 5.41) is 2.78. The fourth-order valence-electron chi connectivity index (χ4n) is 4.67. The number of hydrogen-bond donors (Lipinski definition) is 1. The Morgan fingerprint density at radius 1 is 0.971 bits per heavy atom. The van der Waals surface area contributed by atoms with E-state index in [0.29, 0.717) is 16.9 Å². The van der Waals surface area contributed by atoms with Crippen LogP contribution in [0.5, 0.6) is 0 Å². The van der Waals surface area contributed by atoms with Crippen LogP contribution in [0.25, 0.3) is 0 Å². The van der Waals surface area contributed by atoms with Gasteiger partial charge in [0, 0.05) is 11.7 Å². The number of carbonyl (C=O) groups excluding carboxylic acids is 4. The van der Waals surface area contributed by atoms with Gasteiger partial charge < -0.3 is 15.0 Å². The molecule has 1 heterocycles. The van der Waals surface area contributed by atoms with Crippen molar-refractivity contribution in [1.29, 1.82) is 0 Å². The molecule has 1 atom stereocenters. The number of esters is 1. The van der Waals surface area contributed by atoms with Gasteiger partial charge in [0.15, 0.2) is 0 Å². The smallest absolute Gasteiger partial charge is 0.338 e. The van der Waals surface area contributed by atoms with E-state index < -0.39 is 12.0 Å². The number of nitrogens with one attached hydrogen (secondary N) is 1. The van der Waals surface area contributed by atoms with Crippen LogP contribution in [-0.4, -0.2) is 47.4 Å². The molecular formula is C26H29N3O5. The third kappa shape index (κ3) is 4.95. The van der Waals surface area contributed by atoms with Gasteiger partial charge in [-0.2, -0.15) is 0 Å². The van der Waals surface area contributed by atoms with Crippen molar-refractivity contribution in [3.05, 3.63) is 60.2 Å². The lowest BCUT2D eigenvalue weighted by molar-refractivity contribution is -0.125. The van der Waals surface area contributed by atoms with Crippen molar-refractivity contribution in [2.45, 2.75) is 57.5 Å². The summed E-state index contributed by atoms with van der Waals surface area (Å²) in [6.07, 6.45) is 4.63. The zero-order valence-electron chi connectivity index (χ0n) is 19.2. The first-order chi connectivity index (χ1) is 16.5. The minimum Gasteiger partial charge on any atom is -0.462 e. The summed E-state index contributed by atoms with van der Waals surface area (Å²) in [6.45, 7) is 2.01. The van der Waals surface area contributed by atoms with Gasteiger partial charge in [-0.3, -0.25) is 9.59 Å². The standard InChI is InChI=1S/C26H29N3O5/c1-2-34-25(32)18-13-15-19(16-14-18)27-23(30)17-22-24(31)29(21-11-7-4-8-12-21)26(33)28(22)20-9-5-3-6-10-20/h4,7-8,11-16,20,22H,2-3,5-6,9-10,17H2,1H3,(H,27,30)/t22-/m0/s1. The SMILES string of the molecule is CCOC(=O)c1ccc(NC(=O)C[C@H]2C(=O)N(c3ccccc3)C(=O)N2C2CCCCC2)cc1. The predicted molar refractivity (Wildman–Crippen MR) is 127 cm³/mol. The van der Waals surface area contributed by atoms with E-state index in [1.165, 1.54) is 4.90 Å². The van der Waals surface area contributed by atoms with Crippen LogP contribution in [-0.2, 0) is 14.3 Å². The van der Waals surface area contributed by atoms with E-state index in [9.17, 15) is 19.2 Å². The Kier molecular flexibility index (Phi) is 7.25. The molecular weight excluding hydrogens is 434 g/mol. The Morgan fingerprint density at radius 3 is 2.29 bits per heavy atom. The molecule has 4 rings (SSSR count). The monoisotopic (exact) mass is 463 g/mol. The van der Waals surface area contributed by atoms with Crippen molar-refractivity contribution in [3.63, 3.8) is 0 Å². The van der Waals surface area contributed by atoms with E-state index in [-0.39, 0.29) is 36.9 Å². The van der Waals surface area contributed by atoms with Gasteiger partial charge in [-0.25, -0.2) is 14.5 Å². The fourth-order valence-corrected chi connectivity index (χ4v) is 4.67. The molecule has 0 unspecified atom stereocenters. The van der Waals surface area contributed by atoms with Crippen LogP contribution >= 0.6 is 0 Å². The number of rotatable bonds is 7. The molecule has 8 heteroatoms. The van der Waals surface area contributed by atoms with E-state index in [0.717, 1.165) is 32.1 Å². The van der Waals surface area contributed by atoms with E-state index >= 15 is 0 Å². The van der Waals surface area contributed by atoms with Gasteiger partial charge in [0.05, 0.1) is 24.3 Å². The second-order valence-corrected chi connectivity index (χ2v) is 8.56. The van der Waals surface area contributed by atoms with Gasteiger partial charge in [0.25, 0.3) is 5.91 Å². The Bertz CT molecular complexity index is 1050. The van der Waals surface area contributed by atoms with Crippen LogP contribution in [0.2, 0.25) is 0 Å². The van der Waals surface area contributed by atoms with Gasteiger partial charge in [-0.15, -0.1) is 0 Å². The molecule has 1 saturated carbocycles. The largest absolute Gasteiger partial charge is 0.462 e. The second kappa shape index (κ2) is 10.5. The average molecular weight is 464 g/mol. The molecule has 8 nitrogen and oxygen atoms in total. The van der Waals surface area contributed by atoms with Crippen LogP contribution in [0.15, 0.2) is 54.6 Å². The summed E-state index contributed by atoms with van der Waals surface area (Å²) >= 11 is 0. The third-order valence-corrected chi connectivity index (χ3v) is 6.29. The topological polar surface area (TPSA) is 96.0 Å². The number of benzene rings is 2. The molecule has 0 bridgehead atoms. The molecule has 2 fully saturated rings. The Hall–Kier alpha value is -3.68. The number of carbonyl (C=O) groups is 4. The summed E-state index contributed by atoms with van der Waals surface area (Å²) in [6, 6.07) is 13.9. The first kappa shape index (κ1) is 23.5. The Labute approximate surface area is 198 Å². The van der Waals surface area contributed by atoms with E-state index in [1.54, 1.807) is 60.4 Å². The Balaban J connectivity index is 1.50. The Morgan fingerprint density at radius 2 is 1.65 bits per heavy atom. The van der Waals surface area contributed by atoms with Crippen molar-refractivity contribution in [3.8, 4) is 0 Å². The van der Waals surface area contributed by atoms with Crippen LogP contribution in [0.1, 0.15) is 55.8 Å². The molecule has 2 aromatic rings. The summed E-state index contributed by atoms with van der Waals surface area (Å²) < 4.78 is 4.97. The highest BCUT2D eigenvalue weighted by Gasteiger charge is 2.49. The maximum absolute atomic E-state index is 13.4. The zero-order chi connectivity index (χ0) is 24.1. The first-order valence-corrected chi connectivity index (χ1v) is 11.8. The first-order valence-electron chi connectivity index (χ1n) is 11.8. The normalized spacial score (nSPS) is 18.8.